The van der Waals surface area contributed by atoms with Crippen LogP contribution in [0.25, 0.3) is 0 Å². The van der Waals surface area contributed by atoms with E-state index in [2.05, 4.69) is 5.32 Å². The van der Waals surface area contributed by atoms with Crippen LogP contribution in [0.15, 0.2) is 42.5 Å². The molecule has 0 saturated heterocycles. The van der Waals surface area contributed by atoms with Crippen LogP contribution in [0.4, 0.5) is 5.69 Å². The minimum atomic E-state index is -0.676. The molecule has 0 radical (unpaired) electrons. The number of carbonyl (C=O) groups is 2. The maximum Gasteiger partial charge on any atom is 0.317 e. The lowest BCUT2D eigenvalue weighted by atomic mass is 9.79. The second kappa shape index (κ2) is 8.13. The Labute approximate surface area is 164 Å². The van der Waals surface area contributed by atoms with E-state index in [1.54, 1.807) is 12.1 Å². The number of anilines is 1. The van der Waals surface area contributed by atoms with Gasteiger partial charge in [-0.2, -0.15) is 0 Å². The van der Waals surface area contributed by atoms with E-state index in [1.165, 1.54) is 0 Å². The molecule has 1 N–H and O–H groups in total. The van der Waals surface area contributed by atoms with Gasteiger partial charge in [-0.1, -0.05) is 48.7 Å². The average molecular weight is 386 g/mol. The molecule has 4 nitrogen and oxygen atoms in total. The lowest BCUT2D eigenvalue weighted by molar-refractivity contribution is -0.153. The van der Waals surface area contributed by atoms with Crippen LogP contribution in [0.2, 0.25) is 5.02 Å². The van der Waals surface area contributed by atoms with E-state index in [0.29, 0.717) is 5.02 Å². The fourth-order valence-electron chi connectivity index (χ4n) is 3.68. The van der Waals surface area contributed by atoms with Crippen LogP contribution in [-0.4, -0.2) is 18.5 Å². The Morgan fingerprint density at radius 3 is 2.41 bits per heavy atom. The molecule has 2 aromatic rings. The number of hydrogen-bond donors (Lipinski definition) is 1. The van der Waals surface area contributed by atoms with Crippen LogP contribution in [0.1, 0.15) is 42.4 Å². The van der Waals surface area contributed by atoms with E-state index >= 15 is 0 Å². The van der Waals surface area contributed by atoms with Crippen LogP contribution < -0.4 is 5.32 Å². The second-order valence-corrected chi connectivity index (χ2v) is 7.68. The van der Waals surface area contributed by atoms with Crippen LogP contribution in [0.3, 0.4) is 0 Å². The number of benzene rings is 2. The largest absolute Gasteiger partial charge is 0.455 e. The van der Waals surface area contributed by atoms with E-state index in [0.717, 1.165) is 48.1 Å². The summed E-state index contributed by atoms with van der Waals surface area (Å²) < 4.78 is 5.43. The number of carbonyl (C=O) groups excluding carboxylic acids is 2. The van der Waals surface area contributed by atoms with Gasteiger partial charge in [-0.25, -0.2) is 0 Å². The number of aryl methyl sites for hydroxylation is 2. The van der Waals surface area contributed by atoms with Gasteiger partial charge >= 0.3 is 5.97 Å². The van der Waals surface area contributed by atoms with E-state index < -0.39 is 5.41 Å². The molecule has 2 aromatic carbocycles. The number of nitrogens with one attached hydrogen (secondary N) is 1. The Kier molecular flexibility index (Phi) is 5.85. The van der Waals surface area contributed by atoms with Gasteiger partial charge in [0.15, 0.2) is 6.61 Å². The van der Waals surface area contributed by atoms with E-state index in [-0.39, 0.29) is 18.5 Å². The molecule has 0 heterocycles. The monoisotopic (exact) mass is 385 g/mol. The molecule has 1 aliphatic rings. The summed E-state index contributed by atoms with van der Waals surface area (Å²) in [7, 11) is 0. The molecule has 3 rings (SSSR count). The Hall–Kier alpha value is -2.33. The van der Waals surface area contributed by atoms with Crippen molar-refractivity contribution in [2.75, 3.05) is 11.9 Å². The zero-order chi connectivity index (χ0) is 19.4. The predicted octanol–water partition coefficient (Wildman–Crippen LogP) is 4.95. The maximum atomic E-state index is 12.9. The molecule has 0 aromatic heterocycles. The Balaban J connectivity index is 1.67. The van der Waals surface area contributed by atoms with Gasteiger partial charge in [0.1, 0.15) is 0 Å². The number of amides is 1. The van der Waals surface area contributed by atoms with Crippen LogP contribution >= 0.6 is 11.6 Å². The number of rotatable bonds is 5. The van der Waals surface area contributed by atoms with E-state index in [9.17, 15) is 9.59 Å². The van der Waals surface area contributed by atoms with Gasteiger partial charge in [0.05, 0.1) is 5.41 Å². The van der Waals surface area contributed by atoms with Crippen LogP contribution in [0.5, 0.6) is 0 Å². The maximum absolute atomic E-state index is 12.9. The van der Waals surface area contributed by atoms with Gasteiger partial charge in [0.2, 0.25) is 0 Å². The van der Waals surface area contributed by atoms with Crippen LogP contribution in [0, 0.1) is 13.8 Å². The molecule has 1 amide bonds. The third-order valence-corrected chi connectivity index (χ3v) is 5.50. The third-order valence-electron chi connectivity index (χ3n) is 5.25. The molecule has 5 heteroatoms. The molecule has 1 saturated carbocycles. The molecule has 1 fully saturated rings. The first-order valence-corrected chi connectivity index (χ1v) is 9.59. The van der Waals surface area contributed by atoms with E-state index in [1.807, 2.05) is 44.2 Å². The summed E-state index contributed by atoms with van der Waals surface area (Å²) in [5, 5.41) is 3.46. The van der Waals surface area contributed by atoms with Crippen molar-refractivity contribution in [3.63, 3.8) is 0 Å². The van der Waals surface area contributed by atoms with Crippen LogP contribution in [-0.2, 0) is 19.7 Å². The van der Waals surface area contributed by atoms with Gasteiger partial charge in [0, 0.05) is 10.7 Å². The fraction of sp³-hybridized carbons (Fsp3) is 0.364. The molecular formula is C22H24ClNO3. The summed E-state index contributed by atoms with van der Waals surface area (Å²) in [4.78, 5) is 25.2. The standard InChI is InChI=1S/C22H24ClNO3/c1-15-5-6-16(2)19(13-15)24-20(25)14-27-21(26)22(11-3-4-12-22)17-7-9-18(23)10-8-17/h5-10,13H,3-4,11-12,14H2,1-2H3,(H,24,25). The summed E-state index contributed by atoms with van der Waals surface area (Å²) in [6, 6.07) is 13.2. The first-order valence-electron chi connectivity index (χ1n) is 9.21. The predicted molar refractivity (Wildman–Crippen MR) is 107 cm³/mol. The smallest absolute Gasteiger partial charge is 0.317 e. The van der Waals surface area contributed by atoms with Gasteiger partial charge in [0.25, 0.3) is 5.91 Å². The van der Waals surface area contributed by atoms with Crippen molar-refractivity contribution in [3.8, 4) is 0 Å². The lowest BCUT2D eigenvalue weighted by Crippen LogP contribution is -2.36. The minimum absolute atomic E-state index is 0.290. The molecule has 0 bridgehead atoms. The SMILES string of the molecule is Cc1ccc(C)c(NC(=O)COC(=O)C2(c3ccc(Cl)cc3)CCCC2)c1. The highest BCUT2D eigenvalue weighted by molar-refractivity contribution is 6.30. The summed E-state index contributed by atoms with van der Waals surface area (Å²) in [5.41, 5.74) is 2.99. The normalized spacial score (nSPS) is 15.4. The second-order valence-electron chi connectivity index (χ2n) is 7.24. The molecule has 1 aliphatic carbocycles. The topological polar surface area (TPSA) is 55.4 Å². The molecule has 0 aliphatic heterocycles. The number of hydrogen-bond acceptors (Lipinski definition) is 3. The third kappa shape index (κ3) is 4.33. The summed E-state index contributed by atoms with van der Waals surface area (Å²) in [5.74, 6) is -0.667. The van der Waals surface area contributed by atoms with Crippen molar-refractivity contribution in [1.82, 2.24) is 0 Å². The van der Waals surface area contributed by atoms with Gasteiger partial charge in [-0.15, -0.1) is 0 Å². The molecule has 27 heavy (non-hydrogen) atoms. The van der Waals surface area contributed by atoms with Gasteiger partial charge < -0.3 is 10.1 Å². The quantitative estimate of drug-likeness (QED) is 0.741. The van der Waals surface area contributed by atoms with Crippen molar-refractivity contribution >= 4 is 29.2 Å². The highest BCUT2D eigenvalue weighted by Crippen LogP contribution is 2.42. The Morgan fingerprint density at radius 1 is 1.07 bits per heavy atom. The van der Waals surface area contributed by atoms with Gasteiger partial charge in [-0.3, -0.25) is 9.59 Å². The van der Waals surface area contributed by atoms with Crippen molar-refractivity contribution in [1.29, 1.82) is 0 Å². The fourth-order valence-corrected chi connectivity index (χ4v) is 3.81. The summed E-state index contributed by atoms with van der Waals surface area (Å²) in [6.07, 6.45) is 3.39. The van der Waals surface area contributed by atoms with Crippen molar-refractivity contribution in [3.05, 3.63) is 64.2 Å². The number of esters is 1. The zero-order valence-corrected chi connectivity index (χ0v) is 16.4. The lowest BCUT2D eigenvalue weighted by Gasteiger charge is -2.27. The van der Waals surface area contributed by atoms with Crippen molar-refractivity contribution in [2.24, 2.45) is 0 Å². The first-order chi connectivity index (χ1) is 12.9. The minimum Gasteiger partial charge on any atom is -0.455 e. The van der Waals surface area contributed by atoms with Crippen molar-refractivity contribution in [2.45, 2.75) is 44.9 Å². The summed E-state index contributed by atoms with van der Waals surface area (Å²) >= 11 is 5.98. The molecular weight excluding hydrogens is 362 g/mol. The molecule has 0 atom stereocenters. The molecule has 0 spiro atoms. The Bertz CT molecular complexity index is 839. The summed E-state index contributed by atoms with van der Waals surface area (Å²) in [6.45, 7) is 3.60. The van der Waals surface area contributed by atoms with E-state index in [4.69, 9.17) is 16.3 Å². The average Bonchev–Trinajstić information content (AvgIpc) is 3.14. The first kappa shape index (κ1) is 19.4. The Morgan fingerprint density at radius 2 is 1.74 bits per heavy atom. The highest BCUT2D eigenvalue weighted by atomic mass is 35.5. The van der Waals surface area contributed by atoms with Crippen molar-refractivity contribution < 1.29 is 14.3 Å². The zero-order valence-electron chi connectivity index (χ0n) is 15.7. The number of halogens is 1. The molecule has 142 valence electrons. The number of ether oxygens (including phenoxy) is 1. The van der Waals surface area contributed by atoms with Gasteiger partial charge in [-0.05, 0) is 61.6 Å². The highest BCUT2D eigenvalue weighted by Gasteiger charge is 2.44. The molecule has 0 unspecified atom stereocenters.